The third-order valence-corrected chi connectivity index (χ3v) is 2.41. The lowest BCUT2D eigenvalue weighted by Crippen LogP contribution is -2.34. The lowest BCUT2D eigenvalue weighted by molar-refractivity contribution is -0.141. The topological polar surface area (TPSA) is 58.6 Å². The monoisotopic (exact) mass is 216 g/mol. The molecule has 15 heavy (non-hydrogen) atoms. The van der Waals surface area contributed by atoms with Crippen LogP contribution in [0.3, 0.4) is 0 Å². The summed E-state index contributed by atoms with van der Waals surface area (Å²) >= 11 is 0. The molecule has 1 N–H and O–H groups in total. The minimum Gasteiger partial charge on any atom is -0.469 e. The van der Waals surface area contributed by atoms with E-state index in [-0.39, 0.29) is 17.9 Å². The number of rotatable bonds is 6. The van der Waals surface area contributed by atoms with Gasteiger partial charge in [-0.2, -0.15) is 0 Å². The van der Waals surface area contributed by atoms with E-state index in [1.54, 1.807) is 7.05 Å². The van der Waals surface area contributed by atoms with Gasteiger partial charge in [0.25, 0.3) is 0 Å². The Morgan fingerprint density at radius 2 is 2.07 bits per heavy atom. The molecule has 0 spiro atoms. The zero-order chi connectivity index (χ0) is 11.8. The highest BCUT2D eigenvalue weighted by Crippen LogP contribution is 2.02. The molecule has 0 radical (unpaired) electrons. The highest BCUT2D eigenvalue weighted by Gasteiger charge is 2.14. The molecule has 0 aromatic rings. The third kappa shape index (κ3) is 6.06. The maximum absolute atomic E-state index is 11.0. The number of nitrogens with one attached hydrogen (secondary N) is 1. The summed E-state index contributed by atoms with van der Waals surface area (Å²) in [4.78, 5) is 23.9. The third-order valence-electron chi connectivity index (χ3n) is 2.41. The second kappa shape index (κ2) is 7.23. The van der Waals surface area contributed by atoms with Crippen molar-refractivity contribution in [1.82, 2.24) is 10.2 Å². The fraction of sp³-hybridized carbons (Fsp3) is 0.800. The Bertz CT molecular complexity index is 219. The molecule has 1 amide bonds. The van der Waals surface area contributed by atoms with Crippen LogP contribution in [-0.4, -0.2) is 50.6 Å². The molecule has 0 aliphatic carbocycles. The number of ether oxygens (including phenoxy) is 1. The minimum atomic E-state index is -0.228. The second-order valence-corrected chi connectivity index (χ2v) is 3.53. The van der Waals surface area contributed by atoms with E-state index in [4.69, 9.17) is 0 Å². The zero-order valence-corrected chi connectivity index (χ0v) is 9.87. The summed E-state index contributed by atoms with van der Waals surface area (Å²) in [6.45, 7) is 2.57. The summed E-state index contributed by atoms with van der Waals surface area (Å²) < 4.78 is 4.57. The van der Waals surface area contributed by atoms with Crippen molar-refractivity contribution in [3.63, 3.8) is 0 Å². The van der Waals surface area contributed by atoms with Crippen LogP contribution in [0.2, 0.25) is 0 Å². The summed E-state index contributed by atoms with van der Waals surface area (Å²) in [6, 6.07) is 0.0853. The van der Waals surface area contributed by atoms with E-state index in [9.17, 15) is 9.59 Å². The Morgan fingerprint density at radius 3 is 2.53 bits per heavy atom. The summed E-state index contributed by atoms with van der Waals surface area (Å²) in [5.41, 5.74) is 0. The maximum Gasteiger partial charge on any atom is 0.307 e. The van der Waals surface area contributed by atoms with Gasteiger partial charge in [-0.1, -0.05) is 0 Å². The molecule has 1 atom stereocenters. The van der Waals surface area contributed by atoms with Crippen molar-refractivity contribution in [1.29, 1.82) is 0 Å². The van der Waals surface area contributed by atoms with Gasteiger partial charge in [-0.05, 0) is 14.0 Å². The van der Waals surface area contributed by atoms with E-state index in [0.29, 0.717) is 19.4 Å². The van der Waals surface area contributed by atoms with Gasteiger partial charge in [-0.3, -0.25) is 9.59 Å². The van der Waals surface area contributed by atoms with Crippen molar-refractivity contribution in [2.45, 2.75) is 25.8 Å². The fourth-order valence-corrected chi connectivity index (χ4v) is 1.10. The summed E-state index contributed by atoms with van der Waals surface area (Å²) in [5, 5.41) is 2.55. The van der Waals surface area contributed by atoms with Gasteiger partial charge in [0, 0.05) is 26.1 Å². The van der Waals surface area contributed by atoms with E-state index < -0.39 is 0 Å². The Labute approximate surface area is 90.8 Å². The molecule has 0 aliphatic heterocycles. The highest BCUT2D eigenvalue weighted by molar-refractivity contribution is 5.75. The molecule has 0 aromatic heterocycles. The number of carbonyl (C=O) groups excluding carboxylic acids is 2. The Kier molecular flexibility index (Phi) is 6.70. The van der Waals surface area contributed by atoms with Crippen LogP contribution in [0.15, 0.2) is 0 Å². The van der Waals surface area contributed by atoms with E-state index >= 15 is 0 Å². The number of amides is 1. The van der Waals surface area contributed by atoms with Crippen molar-refractivity contribution < 1.29 is 14.3 Å². The van der Waals surface area contributed by atoms with Gasteiger partial charge < -0.3 is 15.0 Å². The van der Waals surface area contributed by atoms with Crippen molar-refractivity contribution in [3.05, 3.63) is 0 Å². The van der Waals surface area contributed by atoms with Crippen molar-refractivity contribution in [3.8, 4) is 0 Å². The van der Waals surface area contributed by atoms with Crippen LogP contribution in [0.1, 0.15) is 19.8 Å². The van der Waals surface area contributed by atoms with Crippen LogP contribution < -0.4 is 5.32 Å². The average Bonchev–Trinajstić information content (AvgIpc) is 2.24. The van der Waals surface area contributed by atoms with Crippen LogP contribution in [0, 0.1) is 0 Å². The number of methoxy groups -OCH3 is 1. The molecule has 5 heteroatoms. The SMILES string of the molecule is CNC(=O)CCN(C)C(C)CC(=O)OC. The zero-order valence-electron chi connectivity index (χ0n) is 9.87. The average molecular weight is 216 g/mol. The molecular weight excluding hydrogens is 196 g/mol. The summed E-state index contributed by atoms with van der Waals surface area (Å²) in [7, 11) is 4.87. The molecule has 1 unspecified atom stereocenters. The van der Waals surface area contributed by atoms with Gasteiger partial charge in [-0.25, -0.2) is 0 Å². The molecule has 0 heterocycles. The molecule has 0 fully saturated rings. The van der Waals surface area contributed by atoms with Gasteiger partial charge in [0.2, 0.25) is 5.91 Å². The maximum atomic E-state index is 11.0. The summed E-state index contributed by atoms with van der Waals surface area (Å²) in [5.74, 6) is -0.221. The Morgan fingerprint density at radius 1 is 1.47 bits per heavy atom. The smallest absolute Gasteiger partial charge is 0.307 e. The summed E-state index contributed by atoms with van der Waals surface area (Å²) in [6.07, 6.45) is 0.791. The predicted octanol–water partition coefficient (Wildman–Crippen LogP) is 0.00590. The quantitative estimate of drug-likeness (QED) is 0.635. The minimum absolute atomic E-state index is 0.00659. The number of carbonyl (C=O) groups is 2. The normalized spacial score (nSPS) is 12.3. The van der Waals surface area contributed by atoms with Crippen molar-refractivity contribution in [2.75, 3.05) is 27.7 Å². The lowest BCUT2D eigenvalue weighted by Gasteiger charge is -2.23. The first kappa shape index (κ1) is 13.9. The van der Waals surface area contributed by atoms with Crippen molar-refractivity contribution in [2.24, 2.45) is 0 Å². The molecule has 0 aromatic carbocycles. The molecule has 0 rings (SSSR count). The van der Waals surface area contributed by atoms with Gasteiger partial charge in [0.15, 0.2) is 0 Å². The first-order valence-electron chi connectivity index (χ1n) is 4.98. The highest BCUT2D eigenvalue weighted by atomic mass is 16.5. The van der Waals surface area contributed by atoms with E-state index in [1.807, 2.05) is 18.9 Å². The number of hydrogen-bond donors (Lipinski definition) is 1. The van der Waals surface area contributed by atoms with E-state index in [2.05, 4.69) is 10.1 Å². The molecule has 5 nitrogen and oxygen atoms in total. The molecule has 0 bridgehead atoms. The first-order chi connectivity index (χ1) is 7.01. The van der Waals surface area contributed by atoms with Crippen LogP contribution in [0.5, 0.6) is 0 Å². The Hall–Kier alpha value is -1.10. The second-order valence-electron chi connectivity index (χ2n) is 3.53. The number of nitrogens with zero attached hydrogens (tertiary/aromatic N) is 1. The van der Waals surface area contributed by atoms with Gasteiger partial charge in [0.1, 0.15) is 0 Å². The molecule has 0 aliphatic rings. The largest absolute Gasteiger partial charge is 0.469 e. The van der Waals surface area contributed by atoms with E-state index in [0.717, 1.165) is 0 Å². The molecule has 0 saturated heterocycles. The van der Waals surface area contributed by atoms with Crippen LogP contribution >= 0.6 is 0 Å². The van der Waals surface area contributed by atoms with Gasteiger partial charge in [0.05, 0.1) is 13.5 Å². The van der Waals surface area contributed by atoms with Gasteiger partial charge >= 0.3 is 5.97 Å². The van der Waals surface area contributed by atoms with Crippen LogP contribution in [0.4, 0.5) is 0 Å². The number of esters is 1. The number of hydrogen-bond acceptors (Lipinski definition) is 4. The van der Waals surface area contributed by atoms with Crippen LogP contribution in [0.25, 0.3) is 0 Å². The fourth-order valence-electron chi connectivity index (χ4n) is 1.10. The first-order valence-corrected chi connectivity index (χ1v) is 4.98. The Balaban J connectivity index is 3.83. The predicted molar refractivity (Wildman–Crippen MR) is 57.4 cm³/mol. The van der Waals surface area contributed by atoms with Crippen LogP contribution in [-0.2, 0) is 14.3 Å². The van der Waals surface area contributed by atoms with Crippen molar-refractivity contribution >= 4 is 11.9 Å². The molecular formula is C10H20N2O3. The standard InChI is InChI=1S/C10H20N2O3/c1-8(7-10(14)15-4)12(3)6-5-9(13)11-2/h8H,5-7H2,1-4H3,(H,11,13). The van der Waals surface area contributed by atoms with Gasteiger partial charge in [-0.15, -0.1) is 0 Å². The molecule has 88 valence electrons. The van der Waals surface area contributed by atoms with E-state index in [1.165, 1.54) is 7.11 Å². The molecule has 0 saturated carbocycles. The lowest BCUT2D eigenvalue weighted by atomic mass is 10.2.